The highest BCUT2D eigenvalue weighted by atomic mass is 19.1. The van der Waals surface area contributed by atoms with Crippen molar-refractivity contribution < 1.29 is 23.9 Å². The Bertz CT molecular complexity index is 519. The fourth-order valence-electron chi connectivity index (χ4n) is 1.54. The summed E-state index contributed by atoms with van der Waals surface area (Å²) < 4.78 is 12.7. The van der Waals surface area contributed by atoms with Crippen molar-refractivity contribution >= 4 is 17.9 Å². The summed E-state index contributed by atoms with van der Waals surface area (Å²) >= 11 is 0. The molecule has 0 bridgehead atoms. The van der Waals surface area contributed by atoms with Crippen LogP contribution in [0.1, 0.15) is 18.4 Å². The normalized spacial score (nSPS) is 11.5. The maximum atomic E-state index is 12.7. The molecule has 0 aliphatic heterocycles. The maximum Gasteiger partial charge on any atom is 0.326 e. The van der Waals surface area contributed by atoms with Gasteiger partial charge in [0.2, 0.25) is 5.91 Å². The van der Waals surface area contributed by atoms with E-state index in [0.717, 1.165) is 0 Å². The predicted octanol–water partition coefficient (Wildman–Crippen LogP) is 0.344. The third kappa shape index (κ3) is 6.37. The predicted molar refractivity (Wildman–Crippen MR) is 71.6 cm³/mol. The topological polar surface area (TPSA) is 122 Å². The minimum absolute atomic E-state index is 0.0887. The number of primary amides is 1. The zero-order valence-corrected chi connectivity index (χ0v) is 11.1. The van der Waals surface area contributed by atoms with E-state index in [0.29, 0.717) is 5.56 Å². The van der Waals surface area contributed by atoms with Crippen LogP contribution in [0.4, 0.5) is 9.18 Å². The summed E-state index contributed by atoms with van der Waals surface area (Å²) in [5.74, 6) is -2.29. The minimum atomic E-state index is -1.26. The van der Waals surface area contributed by atoms with E-state index in [-0.39, 0.29) is 25.2 Å². The number of carbonyl (C=O) groups is 3. The van der Waals surface area contributed by atoms with Crippen LogP contribution in [0.15, 0.2) is 24.3 Å². The molecule has 0 fully saturated rings. The molecule has 0 saturated carbocycles. The average Bonchev–Trinajstić information content (AvgIpc) is 2.42. The lowest BCUT2D eigenvalue weighted by Gasteiger charge is -2.14. The first-order valence-electron chi connectivity index (χ1n) is 6.18. The Labute approximate surface area is 120 Å². The Hall–Kier alpha value is -2.64. The van der Waals surface area contributed by atoms with Crippen LogP contribution < -0.4 is 16.4 Å². The number of aliphatic carboxylic acids is 1. The van der Waals surface area contributed by atoms with Gasteiger partial charge in [-0.1, -0.05) is 12.1 Å². The van der Waals surface area contributed by atoms with Gasteiger partial charge in [0.15, 0.2) is 0 Å². The van der Waals surface area contributed by atoms with Gasteiger partial charge in [-0.2, -0.15) is 0 Å². The number of benzene rings is 1. The van der Waals surface area contributed by atoms with Gasteiger partial charge in [0, 0.05) is 13.0 Å². The first-order chi connectivity index (χ1) is 9.88. The van der Waals surface area contributed by atoms with E-state index < -0.39 is 23.9 Å². The number of halogens is 1. The number of amides is 3. The molecular formula is C13H16FN3O4. The summed E-state index contributed by atoms with van der Waals surface area (Å²) in [6.07, 6.45) is -0.232. The number of nitrogens with one attached hydrogen (secondary N) is 2. The molecule has 114 valence electrons. The summed E-state index contributed by atoms with van der Waals surface area (Å²) in [6.45, 7) is 0.119. The van der Waals surface area contributed by atoms with Crippen LogP contribution in [-0.2, 0) is 16.1 Å². The highest BCUT2D eigenvalue weighted by Gasteiger charge is 2.20. The number of rotatable bonds is 7. The molecule has 7 nitrogen and oxygen atoms in total. The van der Waals surface area contributed by atoms with Crippen LogP contribution in [-0.4, -0.2) is 29.1 Å². The average molecular weight is 297 g/mol. The van der Waals surface area contributed by atoms with Gasteiger partial charge in [0.1, 0.15) is 11.9 Å². The summed E-state index contributed by atoms with van der Waals surface area (Å²) in [6, 6.07) is 3.60. The highest BCUT2D eigenvalue weighted by Crippen LogP contribution is 2.02. The Morgan fingerprint density at radius 2 is 1.86 bits per heavy atom. The minimum Gasteiger partial charge on any atom is -0.480 e. The maximum absolute atomic E-state index is 12.7. The van der Waals surface area contributed by atoms with Crippen LogP contribution in [0, 0.1) is 5.82 Å². The number of carboxylic acid groups (broad SMARTS) is 1. The standard InChI is InChI=1S/C13H16FN3O4/c14-9-3-1-8(2-4-9)7-16-13(21)17-10(12(19)20)5-6-11(15)18/h1-4,10H,5-7H2,(H2,15,18)(H,19,20)(H2,16,17,21)/t10-/m0/s1. The van der Waals surface area contributed by atoms with E-state index >= 15 is 0 Å². The Morgan fingerprint density at radius 1 is 1.24 bits per heavy atom. The van der Waals surface area contributed by atoms with Gasteiger partial charge in [-0.05, 0) is 24.1 Å². The second kappa shape index (κ2) is 7.83. The zero-order chi connectivity index (χ0) is 15.8. The molecule has 8 heteroatoms. The van der Waals surface area contributed by atoms with Gasteiger partial charge in [0.25, 0.3) is 0 Å². The number of hydrogen-bond donors (Lipinski definition) is 4. The van der Waals surface area contributed by atoms with E-state index in [9.17, 15) is 18.8 Å². The van der Waals surface area contributed by atoms with Crippen LogP contribution in [0.25, 0.3) is 0 Å². The molecule has 0 spiro atoms. The smallest absolute Gasteiger partial charge is 0.326 e. The van der Waals surface area contributed by atoms with Crippen LogP contribution in [0.3, 0.4) is 0 Å². The summed E-state index contributed by atoms with van der Waals surface area (Å²) in [5, 5.41) is 13.6. The lowest BCUT2D eigenvalue weighted by molar-refractivity contribution is -0.139. The molecule has 5 N–H and O–H groups in total. The first kappa shape index (κ1) is 16.4. The monoisotopic (exact) mass is 297 g/mol. The molecule has 1 rings (SSSR count). The second-order valence-electron chi connectivity index (χ2n) is 4.35. The molecule has 1 atom stereocenters. The third-order valence-electron chi connectivity index (χ3n) is 2.65. The van der Waals surface area contributed by atoms with Crippen LogP contribution >= 0.6 is 0 Å². The van der Waals surface area contributed by atoms with E-state index in [2.05, 4.69) is 10.6 Å². The second-order valence-corrected chi connectivity index (χ2v) is 4.35. The van der Waals surface area contributed by atoms with E-state index in [1.54, 1.807) is 0 Å². The van der Waals surface area contributed by atoms with Crippen molar-refractivity contribution in [2.24, 2.45) is 5.73 Å². The van der Waals surface area contributed by atoms with Crippen molar-refractivity contribution in [3.05, 3.63) is 35.6 Å². The Morgan fingerprint density at radius 3 is 2.38 bits per heavy atom. The van der Waals surface area contributed by atoms with E-state index in [1.165, 1.54) is 24.3 Å². The molecule has 3 amide bonds. The number of urea groups is 1. The van der Waals surface area contributed by atoms with Gasteiger partial charge in [-0.15, -0.1) is 0 Å². The highest BCUT2D eigenvalue weighted by molar-refractivity contribution is 5.83. The van der Waals surface area contributed by atoms with Crippen molar-refractivity contribution in [1.29, 1.82) is 0 Å². The summed E-state index contributed by atoms with van der Waals surface area (Å²) in [5.41, 5.74) is 5.59. The number of hydrogen-bond acceptors (Lipinski definition) is 3. The molecule has 0 aliphatic rings. The largest absolute Gasteiger partial charge is 0.480 e. The third-order valence-corrected chi connectivity index (χ3v) is 2.65. The lowest BCUT2D eigenvalue weighted by atomic mass is 10.1. The molecule has 0 aromatic heterocycles. The molecule has 0 radical (unpaired) electrons. The number of carbonyl (C=O) groups excluding carboxylic acids is 2. The quantitative estimate of drug-likeness (QED) is 0.580. The summed E-state index contributed by atoms with van der Waals surface area (Å²) in [7, 11) is 0. The fraction of sp³-hybridized carbons (Fsp3) is 0.308. The van der Waals surface area contributed by atoms with E-state index in [1.807, 2.05) is 0 Å². The van der Waals surface area contributed by atoms with E-state index in [4.69, 9.17) is 10.8 Å². The van der Waals surface area contributed by atoms with Crippen molar-refractivity contribution in [3.8, 4) is 0 Å². The molecular weight excluding hydrogens is 281 g/mol. The van der Waals surface area contributed by atoms with Gasteiger partial charge in [-0.3, -0.25) is 4.79 Å². The van der Waals surface area contributed by atoms with Gasteiger partial charge in [0.05, 0.1) is 0 Å². The molecule has 0 saturated heterocycles. The van der Waals surface area contributed by atoms with Crippen molar-refractivity contribution in [3.63, 3.8) is 0 Å². The number of nitrogens with two attached hydrogens (primary N) is 1. The molecule has 1 aromatic carbocycles. The molecule has 0 unspecified atom stereocenters. The van der Waals surface area contributed by atoms with Crippen molar-refractivity contribution in [2.75, 3.05) is 0 Å². The Balaban J connectivity index is 2.44. The molecule has 1 aromatic rings. The van der Waals surface area contributed by atoms with Gasteiger partial charge in [-0.25, -0.2) is 14.0 Å². The molecule has 0 aliphatic carbocycles. The Kier molecular flexibility index (Phi) is 6.12. The van der Waals surface area contributed by atoms with Crippen molar-refractivity contribution in [2.45, 2.75) is 25.4 Å². The first-order valence-corrected chi connectivity index (χ1v) is 6.18. The molecule has 0 heterocycles. The molecule has 21 heavy (non-hydrogen) atoms. The van der Waals surface area contributed by atoms with Crippen LogP contribution in [0.5, 0.6) is 0 Å². The van der Waals surface area contributed by atoms with Gasteiger partial charge >= 0.3 is 12.0 Å². The van der Waals surface area contributed by atoms with Crippen LogP contribution in [0.2, 0.25) is 0 Å². The zero-order valence-electron chi connectivity index (χ0n) is 11.1. The summed E-state index contributed by atoms with van der Waals surface area (Å²) in [4.78, 5) is 33.1. The van der Waals surface area contributed by atoms with Gasteiger partial charge < -0.3 is 21.5 Å². The van der Waals surface area contributed by atoms with Crippen molar-refractivity contribution in [1.82, 2.24) is 10.6 Å². The fourth-order valence-corrected chi connectivity index (χ4v) is 1.54. The number of carboxylic acids is 1. The lowest BCUT2D eigenvalue weighted by Crippen LogP contribution is -2.46. The SMILES string of the molecule is NC(=O)CC[C@H](NC(=O)NCc1ccc(F)cc1)C(=O)O.